The van der Waals surface area contributed by atoms with Crippen molar-refractivity contribution in [3.8, 4) is 0 Å². The van der Waals surface area contributed by atoms with E-state index in [-0.39, 0.29) is 210 Å². The maximum atomic E-state index is 2.50. The van der Waals surface area contributed by atoms with E-state index in [9.17, 15) is 0 Å². The molecule has 30 heavy (non-hydrogen) atoms. The van der Waals surface area contributed by atoms with Crippen LogP contribution in [-0.4, -0.2) is 98.6 Å². The molecule has 18 N–H and O–H groups in total. The van der Waals surface area contributed by atoms with Gasteiger partial charge in [0.15, 0.2) is 0 Å². The van der Waals surface area contributed by atoms with E-state index in [0.29, 0.717) is 0 Å². The second-order valence-corrected chi connectivity index (χ2v) is 0.750. The number of hydrogen-bond acceptors (Lipinski definition) is 18. The first-order valence-electron chi connectivity index (χ1n) is 1.50. The Morgan fingerprint density at radius 2 is 0.167 bits per heavy atom. The summed E-state index contributed by atoms with van der Waals surface area (Å²) in [5, 5.41) is 0. The third-order valence-corrected chi connectivity index (χ3v) is 0.375. The molecule has 0 saturated carbocycles. The summed E-state index contributed by atoms with van der Waals surface area (Å²) >= 11 is 0. The Morgan fingerprint density at radius 1 is 0.133 bits per heavy atom. The van der Waals surface area contributed by atoms with Crippen molar-refractivity contribution in [2.75, 3.05) is 0 Å². The topological polar surface area (TPSA) is 540 Å². The molecule has 18 nitrogen and oxygen atoms in total. The summed E-state index contributed by atoms with van der Waals surface area (Å²) < 4.78 is 0. The number of hydrogen-bond donors (Lipinski definition) is 0. The van der Waals surface area contributed by atoms with Gasteiger partial charge >= 0.3 is 0 Å². The third kappa shape index (κ3) is 428. The van der Waals surface area contributed by atoms with Crippen molar-refractivity contribution in [1.82, 2.24) is 0 Å². The second-order valence-electron chi connectivity index (χ2n) is 0.750. The molecule has 24 heteroatoms. The molecule has 1 rings (SSSR count). The molecule has 0 amide bonds. The minimum atomic E-state index is 0. The fourth-order valence-corrected chi connectivity index (χ4v) is 0.188. The van der Waals surface area contributed by atoms with Crippen LogP contribution in [0.4, 0.5) is 0 Å². The largest absolute Gasteiger partial charge is 0.870 e. The third-order valence-electron chi connectivity index (χ3n) is 0.375. The van der Waals surface area contributed by atoms with Crippen LogP contribution in [0.2, 0.25) is 0 Å². The molecule has 0 atom stereocenters. The van der Waals surface area contributed by atoms with Gasteiger partial charge in [-0.25, -0.2) is 0 Å². The van der Waals surface area contributed by atoms with Gasteiger partial charge in [-0.2, -0.15) is 0 Å². The Labute approximate surface area is 244 Å². The molecule has 0 aromatic heterocycles. The van der Waals surface area contributed by atoms with E-state index in [4.69, 9.17) is 0 Å². The van der Waals surface area contributed by atoms with Crippen molar-refractivity contribution in [3.63, 3.8) is 0 Å². The smallest absolute Gasteiger partial charge is 0 e. The molecule has 0 fully saturated rings. The van der Waals surface area contributed by atoms with Crippen LogP contribution in [0.5, 0.6) is 0 Å². The second kappa shape index (κ2) is 475. The fourth-order valence-electron chi connectivity index (χ4n) is 0.188. The van der Waals surface area contributed by atoms with Crippen LogP contribution in [0.3, 0.4) is 0 Å². The van der Waals surface area contributed by atoms with E-state index >= 15 is 0 Å². The van der Waals surface area contributed by atoms with Crippen LogP contribution in [-0.2, 0) is 111 Å². The summed E-state index contributed by atoms with van der Waals surface area (Å²) in [7, 11) is 0. The monoisotopic (exact) mass is 684 g/mol. The Balaban J connectivity index is -0.000000000682. The van der Waals surface area contributed by atoms with Crippen molar-refractivity contribution in [3.05, 3.63) is 36.4 Å². The van der Waals surface area contributed by atoms with Crippen molar-refractivity contribution >= 4 is 0 Å². The van der Waals surface area contributed by atoms with Crippen LogP contribution >= 0.6 is 0 Å². The van der Waals surface area contributed by atoms with Gasteiger partial charge in [0.05, 0.1) is 0 Å². The van der Waals surface area contributed by atoms with Crippen LogP contribution in [0, 0.1) is 36.4 Å². The molecule has 0 aliphatic heterocycles. The SMILES string of the molecule is [OH-].[OH-].[OH-].[OH-].[OH-].[OH-].[OH-].[OH-].[OH-].[OH-].[OH-].[OH-].[OH-].[OH-].[OH-].[OH-].[OH-].[OH-].[V].[V].[V].[V].[V].[V].c1c#cc#cc#1. The van der Waals surface area contributed by atoms with Gasteiger partial charge in [-0.05, 0) is 0 Å². The molecule has 0 saturated heterocycles. The normalized spacial score (nSPS) is 0.800. The fraction of sp³-hybridized carbons (Fsp3) is 0. The zero-order valence-corrected chi connectivity index (χ0v) is 22.1. The van der Waals surface area contributed by atoms with Gasteiger partial charge in [-0.15, -0.1) is 0 Å². The standard InChI is InChI=1S/C6.18H2O.6V/c1-2-4-6-5-3-1;;;;;;;;;;;;;;;;;;;;;;;;/h;18*1H2;;;;;;/p-18. The van der Waals surface area contributed by atoms with Crippen LogP contribution in [0.25, 0.3) is 0 Å². The summed E-state index contributed by atoms with van der Waals surface area (Å²) in [6.45, 7) is 0. The average molecular weight is 684 g/mol. The summed E-state index contributed by atoms with van der Waals surface area (Å²) in [6.07, 6.45) is 0. The molecular formula is C6H18O18V6-18. The van der Waals surface area contributed by atoms with Crippen molar-refractivity contribution < 1.29 is 210 Å². The maximum Gasteiger partial charge on any atom is 0 e. The van der Waals surface area contributed by atoms with Gasteiger partial charge < -0.3 is 98.6 Å². The molecule has 0 spiro atoms. The zero-order valence-electron chi connectivity index (χ0n) is 13.7. The number of rotatable bonds is 0. The van der Waals surface area contributed by atoms with E-state index in [1.807, 2.05) is 0 Å². The van der Waals surface area contributed by atoms with E-state index in [2.05, 4.69) is 36.4 Å². The van der Waals surface area contributed by atoms with Crippen molar-refractivity contribution in [2.45, 2.75) is 0 Å². The molecule has 6 radical (unpaired) electrons. The Morgan fingerprint density at radius 3 is 0.200 bits per heavy atom. The first kappa shape index (κ1) is 524. The zero-order chi connectivity index (χ0) is 4.24. The van der Waals surface area contributed by atoms with Gasteiger partial charge in [0.25, 0.3) is 0 Å². The van der Waals surface area contributed by atoms with Gasteiger partial charge in [0.2, 0.25) is 0 Å². The van der Waals surface area contributed by atoms with Crippen molar-refractivity contribution in [1.29, 1.82) is 0 Å². The van der Waals surface area contributed by atoms with E-state index in [1.165, 1.54) is 0 Å². The molecule has 0 heterocycles. The van der Waals surface area contributed by atoms with Gasteiger partial charge in [-0.3, -0.25) is 0 Å². The Bertz CT molecular complexity index is 113. The first-order chi connectivity index (χ1) is 3.00. The summed E-state index contributed by atoms with van der Waals surface area (Å²) in [4.78, 5) is 0. The van der Waals surface area contributed by atoms with Gasteiger partial charge in [0.1, 0.15) is 0 Å². The first-order valence-corrected chi connectivity index (χ1v) is 1.50. The Kier molecular flexibility index (Phi) is 8290. The van der Waals surface area contributed by atoms with Crippen LogP contribution in [0.15, 0.2) is 0 Å². The molecule has 0 aliphatic rings. The average Bonchev–Trinajstić information content (AvgIpc) is 1.72. The predicted octanol–water partition coefficient (Wildman–Crippen LogP) is -2.71. The van der Waals surface area contributed by atoms with Gasteiger partial charge in [0, 0.05) is 148 Å². The van der Waals surface area contributed by atoms with E-state index < -0.39 is 0 Å². The molecular weight excluding hydrogens is 666 g/mol. The van der Waals surface area contributed by atoms with Crippen LogP contribution in [0.1, 0.15) is 0 Å². The van der Waals surface area contributed by atoms with E-state index in [1.54, 1.807) is 0 Å². The minimum Gasteiger partial charge on any atom is -0.870 e. The molecule has 1 aromatic carbocycles. The Hall–Kier alpha value is 1.47. The van der Waals surface area contributed by atoms with Gasteiger partial charge in [-0.1, -0.05) is 0 Å². The maximum absolute atomic E-state index is 2.50. The quantitative estimate of drug-likeness (QED) is 0.268. The molecule has 0 aliphatic carbocycles. The molecule has 0 unspecified atom stereocenters. The summed E-state index contributed by atoms with van der Waals surface area (Å²) in [5.41, 5.74) is 0. The predicted molar refractivity (Wildman–Crippen MR) is 54.3 cm³/mol. The molecule has 1 aromatic rings. The molecule has 198 valence electrons. The van der Waals surface area contributed by atoms with E-state index in [0.717, 1.165) is 0 Å². The molecule has 0 bridgehead atoms. The summed E-state index contributed by atoms with van der Waals surface area (Å²) in [5.74, 6) is 0. The van der Waals surface area contributed by atoms with Crippen LogP contribution < -0.4 is 0 Å². The van der Waals surface area contributed by atoms with Crippen molar-refractivity contribution in [2.24, 2.45) is 0 Å². The minimum absolute atomic E-state index is 0. The summed E-state index contributed by atoms with van der Waals surface area (Å²) in [6, 6.07) is 15.0.